The van der Waals surface area contributed by atoms with Gasteiger partial charge < -0.3 is 10.2 Å². The molecule has 11 heavy (non-hydrogen) atoms. The fourth-order valence-corrected chi connectivity index (χ4v) is 2.85. The summed E-state index contributed by atoms with van der Waals surface area (Å²) in [6.07, 6.45) is 1.24. The summed E-state index contributed by atoms with van der Waals surface area (Å²) in [5, 5.41) is 13.9. The molecule has 1 aliphatic carbocycles. The molecule has 1 rings (SSSR count). The van der Waals surface area contributed by atoms with Crippen molar-refractivity contribution in [3.05, 3.63) is 0 Å². The molecule has 66 valence electrons. The highest BCUT2D eigenvalue weighted by atomic mass is 28.3. The molecule has 4 heteroatoms. The topological polar surface area (TPSA) is 57.5 Å². The Morgan fingerprint density at radius 2 is 1.55 bits per heavy atom. The lowest BCUT2D eigenvalue weighted by atomic mass is 11.0. The van der Waals surface area contributed by atoms with Gasteiger partial charge in [-0.3, -0.25) is 0 Å². The smallest absolute Gasteiger partial charge is 0.450 e. The average Bonchev–Trinajstić information content (AvgIpc) is 2.33. The minimum absolute atomic E-state index is 0.623. The largest absolute Gasteiger partial charge is 0.503 e. The number of hydrogen-bond donors (Lipinski definition) is 2. The van der Waals surface area contributed by atoms with Crippen molar-refractivity contribution in [2.75, 3.05) is 0 Å². The van der Waals surface area contributed by atoms with E-state index < -0.39 is 14.2 Å². The first-order valence-electron chi connectivity index (χ1n) is 3.76. The van der Waals surface area contributed by atoms with Crippen LogP contribution >= 0.6 is 0 Å². The maximum absolute atomic E-state index is 8.56. The van der Waals surface area contributed by atoms with Crippen molar-refractivity contribution >= 4 is 14.2 Å². The summed E-state index contributed by atoms with van der Waals surface area (Å²) < 4.78 is 0. The van der Waals surface area contributed by atoms with Crippen LogP contribution in [0, 0.1) is 0 Å². The van der Waals surface area contributed by atoms with E-state index in [4.69, 9.17) is 15.0 Å². The van der Waals surface area contributed by atoms with E-state index in [2.05, 4.69) is 19.6 Å². The van der Waals surface area contributed by atoms with E-state index in [0.717, 1.165) is 0 Å². The minimum Gasteiger partial charge on any atom is -0.450 e. The Hall–Kier alpha value is -0.513. The van der Waals surface area contributed by atoms with Crippen molar-refractivity contribution < 1.29 is 15.0 Å². The molecule has 2 N–H and O–H groups in total. The Morgan fingerprint density at radius 3 is 1.55 bits per heavy atom. The van der Waals surface area contributed by atoms with Crippen molar-refractivity contribution in [1.29, 1.82) is 0 Å². The second-order valence-corrected chi connectivity index (χ2v) is 9.47. The third kappa shape index (κ3) is 7.38. The van der Waals surface area contributed by atoms with Crippen molar-refractivity contribution in [1.82, 2.24) is 0 Å². The molecule has 0 heterocycles. The van der Waals surface area contributed by atoms with E-state index in [-0.39, 0.29) is 0 Å². The highest BCUT2D eigenvalue weighted by Gasteiger charge is 2.34. The summed E-state index contributed by atoms with van der Waals surface area (Å²) in [5.74, 6) is 0. The van der Waals surface area contributed by atoms with Crippen LogP contribution in [0.25, 0.3) is 0 Å². The van der Waals surface area contributed by atoms with E-state index in [9.17, 15) is 0 Å². The molecule has 0 aromatic heterocycles. The van der Waals surface area contributed by atoms with E-state index in [1.54, 1.807) is 0 Å². The highest BCUT2D eigenvalue weighted by molar-refractivity contribution is 6.78. The lowest BCUT2D eigenvalue weighted by Crippen LogP contribution is -2.18. The van der Waals surface area contributed by atoms with Gasteiger partial charge in [0.05, 0.1) is 0 Å². The molecule has 0 amide bonds. The molecule has 0 bridgehead atoms. The van der Waals surface area contributed by atoms with Gasteiger partial charge in [-0.25, -0.2) is 4.79 Å². The van der Waals surface area contributed by atoms with Gasteiger partial charge in [0.2, 0.25) is 0 Å². The maximum atomic E-state index is 8.56. The van der Waals surface area contributed by atoms with Gasteiger partial charge in [0.1, 0.15) is 0 Å². The SMILES string of the molecule is C[Si](C)(C)C1CC1.O=C(O)O. The van der Waals surface area contributed by atoms with Crippen LogP contribution in [0.5, 0.6) is 0 Å². The van der Waals surface area contributed by atoms with Crippen molar-refractivity contribution in [2.24, 2.45) is 0 Å². The zero-order chi connectivity index (χ0) is 9.07. The standard InChI is InChI=1S/C6H14Si.CH2O3/c1-7(2,3)6-4-5-6;2-1(3)4/h6H,4-5H2,1-3H3;(H2,2,3,4). The summed E-state index contributed by atoms with van der Waals surface area (Å²) in [5.41, 5.74) is 1.19. The van der Waals surface area contributed by atoms with Gasteiger partial charge in [-0.1, -0.05) is 32.5 Å². The molecular weight excluding hydrogens is 160 g/mol. The van der Waals surface area contributed by atoms with Crippen LogP contribution in [0.4, 0.5) is 4.79 Å². The predicted molar refractivity (Wildman–Crippen MR) is 47.0 cm³/mol. The Kier molecular flexibility index (Phi) is 3.58. The Morgan fingerprint density at radius 1 is 1.27 bits per heavy atom. The van der Waals surface area contributed by atoms with Gasteiger partial charge in [0, 0.05) is 8.07 Å². The minimum atomic E-state index is -1.83. The van der Waals surface area contributed by atoms with Gasteiger partial charge in [0.25, 0.3) is 0 Å². The summed E-state index contributed by atoms with van der Waals surface area (Å²) in [6, 6.07) is 0. The maximum Gasteiger partial charge on any atom is 0.503 e. The zero-order valence-corrected chi connectivity index (χ0v) is 8.29. The fourth-order valence-electron chi connectivity index (χ4n) is 0.949. The third-order valence-corrected chi connectivity index (χ3v) is 4.83. The van der Waals surface area contributed by atoms with Gasteiger partial charge >= 0.3 is 6.16 Å². The van der Waals surface area contributed by atoms with Crippen molar-refractivity contribution in [2.45, 2.75) is 38.0 Å². The zero-order valence-electron chi connectivity index (χ0n) is 7.29. The second-order valence-electron chi connectivity index (χ2n) is 3.92. The van der Waals surface area contributed by atoms with Crippen LogP contribution in [0.2, 0.25) is 25.2 Å². The second kappa shape index (κ2) is 3.76. The average molecular weight is 176 g/mol. The van der Waals surface area contributed by atoms with E-state index >= 15 is 0 Å². The van der Waals surface area contributed by atoms with E-state index in [1.165, 1.54) is 18.4 Å². The molecular formula is C7H16O3Si. The van der Waals surface area contributed by atoms with Crippen molar-refractivity contribution in [3.63, 3.8) is 0 Å². The predicted octanol–water partition coefficient (Wildman–Crippen LogP) is 2.71. The Bertz CT molecular complexity index is 131. The monoisotopic (exact) mass is 176 g/mol. The van der Waals surface area contributed by atoms with E-state index in [1.807, 2.05) is 0 Å². The summed E-state index contributed by atoms with van der Waals surface area (Å²) >= 11 is 0. The Labute approximate surface area is 68.1 Å². The molecule has 0 saturated heterocycles. The fraction of sp³-hybridized carbons (Fsp3) is 0.857. The highest BCUT2D eigenvalue weighted by Crippen LogP contribution is 2.44. The van der Waals surface area contributed by atoms with Crippen LogP contribution in [-0.2, 0) is 0 Å². The molecule has 1 fully saturated rings. The number of carboxylic acid groups (broad SMARTS) is 2. The van der Waals surface area contributed by atoms with Crippen LogP contribution in [0.3, 0.4) is 0 Å². The molecule has 1 aliphatic rings. The molecule has 0 aromatic rings. The first-order chi connectivity index (χ1) is 4.84. The van der Waals surface area contributed by atoms with Gasteiger partial charge in [-0.05, 0) is 5.54 Å². The third-order valence-electron chi connectivity index (χ3n) is 1.80. The van der Waals surface area contributed by atoms with Crippen LogP contribution in [0.1, 0.15) is 12.8 Å². The van der Waals surface area contributed by atoms with Gasteiger partial charge in [-0.2, -0.15) is 0 Å². The van der Waals surface area contributed by atoms with Gasteiger partial charge in [0.15, 0.2) is 0 Å². The lowest BCUT2D eigenvalue weighted by molar-refractivity contribution is 0.137. The molecule has 0 aliphatic heterocycles. The molecule has 0 aromatic carbocycles. The van der Waals surface area contributed by atoms with Crippen LogP contribution in [0.15, 0.2) is 0 Å². The summed E-state index contributed by atoms with van der Waals surface area (Å²) in [6.45, 7) is 7.39. The molecule has 3 nitrogen and oxygen atoms in total. The summed E-state index contributed by atoms with van der Waals surface area (Å²) in [7, 11) is -0.623. The van der Waals surface area contributed by atoms with Crippen LogP contribution in [-0.4, -0.2) is 24.4 Å². The number of rotatable bonds is 1. The molecule has 0 atom stereocenters. The first-order valence-corrected chi connectivity index (χ1v) is 7.33. The van der Waals surface area contributed by atoms with Crippen molar-refractivity contribution in [3.8, 4) is 0 Å². The number of hydrogen-bond acceptors (Lipinski definition) is 1. The van der Waals surface area contributed by atoms with E-state index in [0.29, 0.717) is 0 Å². The molecule has 0 unspecified atom stereocenters. The number of carbonyl (C=O) groups is 1. The molecule has 0 spiro atoms. The lowest BCUT2D eigenvalue weighted by Gasteiger charge is -2.12. The molecule has 1 saturated carbocycles. The van der Waals surface area contributed by atoms with Gasteiger partial charge in [-0.15, -0.1) is 0 Å². The van der Waals surface area contributed by atoms with Crippen LogP contribution < -0.4 is 0 Å². The summed E-state index contributed by atoms with van der Waals surface area (Å²) in [4.78, 5) is 8.56. The first kappa shape index (κ1) is 10.5. The molecule has 0 radical (unpaired) electrons. The normalized spacial score (nSPS) is 16.6. The quantitative estimate of drug-likeness (QED) is 0.604. The Balaban J connectivity index is 0.000000218.